The molecule has 7 nitrogen and oxygen atoms in total. The third-order valence-electron chi connectivity index (χ3n) is 2.93. The first kappa shape index (κ1) is 17.1. The van der Waals surface area contributed by atoms with Crippen LogP contribution in [0.25, 0.3) is 0 Å². The van der Waals surface area contributed by atoms with E-state index in [4.69, 9.17) is 27.9 Å². The van der Waals surface area contributed by atoms with Crippen LogP contribution < -0.4 is 0 Å². The summed E-state index contributed by atoms with van der Waals surface area (Å²) in [7, 11) is 0. The van der Waals surface area contributed by atoms with Crippen LogP contribution in [0.4, 0.5) is 11.4 Å². The molecule has 0 amide bonds. The Kier molecular flexibility index (Phi) is 5.49. The minimum Gasteiger partial charge on any atom is -0.335 e. The molecule has 9 heteroatoms. The van der Waals surface area contributed by atoms with E-state index in [-0.39, 0.29) is 11.4 Å². The third-order valence-corrected chi connectivity index (χ3v) is 3.63. The molecule has 120 valence electrons. The largest absolute Gasteiger partial charge is 0.335 e. The molecule has 2 rings (SSSR count). The van der Waals surface area contributed by atoms with Gasteiger partial charge >= 0.3 is 0 Å². The van der Waals surface area contributed by atoms with Gasteiger partial charge in [-0.25, -0.2) is 0 Å². The number of benzene rings is 2. The predicted octanol–water partition coefficient (Wildman–Crippen LogP) is 4.69. The highest BCUT2D eigenvalue weighted by atomic mass is 35.5. The molecule has 0 radical (unpaired) electrons. The smallest absolute Gasteiger partial charge is 0.269 e. The average molecular weight is 357 g/mol. The van der Waals surface area contributed by atoms with Crippen molar-refractivity contribution in [3.63, 3.8) is 0 Å². The van der Waals surface area contributed by atoms with Gasteiger partial charge in [0.15, 0.2) is 11.1 Å². The quantitative estimate of drug-likeness (QED) is 0.424. The zero-order chi connectivity index (χ0) is 17.0. The second-order valence-electron chi connectivity index (χ2n) is 4.47. The van der Waals surface area contributed by atoms with Crippen molar-refractivity contribution >= 4 is 34.6 Å². The fourth-order valence-electron chi connectivity index (χ4n) is 1.82. The molecule has 23 heavy (non-hydrogen) atoms. The maximum absolute atomic E-state index is 10.8. The normalized spacial score (nSPS) is 13.3. The van der Waals surface area contributed by atoms with E-state index in [2.05, 4.69) is 0 Å². The highest BCUT2D eigenvalue weighted by Gasteiger charge is 2.19. The summed E-state index contributed by atoms with van der Waals surface area (Å²) >= 11 is 12.1. The summed E-state index contributed by atoms with van der Waals surface area (Å²) in [5.41, 5.74) is -1.63. The standard InChI is InChI=1S/C14H10Cl2N2O5/c15-13(9-3-1-5-11(7-9)17(19)20)23-14(16)10-4-2-6-12(8-10)18(21)22/h1-8,13-14H. The molecule has 0 aliphatic carbocycles. The second-order valence-corrected chi connectivity index (χ2v) is 5.27. The minimum absolute atomic E-state index is 0.127. The summed E-state index contributed by atoms with van der Waals surface area (Å²) in [6, 6.07) is 11.3. The van der Waals surface area contributed by atoms with E-state index in [1.54, 1.807) is 12.1 Å². The summed E-state index contributed by atoms with van der Waals surface area (Å²) in [6.07, 6.45) is 0. The van der Waals surface area contributed by atoms with Crippen LogP contribution in [-0.4, -0.2) is 9.85 Å². The highest BCUT2D eigenvalue weighted by Crippen LogP contribution is 2.34. The molecule has 2 aromatic carbocycles. The summed E-state index contributed by atoms with van der Waals surface area (Å²) in [6.45, 7) is 0. The van der Waals surface area contributed by atoms with Crippen molar-refractivity contribution in [1.82, 2.24) is 0 Å². The lowest BCUT2D eigenvalue weighted by molar-refractivity contribution is -0.385. The van der Waals surface area contributed by atoms with E-state index in [0.717, 1.165) is 0 Å². The molecule has 2 atom stereocenters. The van der Waals surface area contributed by atoms with Gasteiger partial charge in [0, 0.05) is 35.4 Å². The van der Waals surface area contributed by atoms with Gasteiger partial charge in [-0.05, 0) is 0 Å². The van der Waals surface area contributed by atoms with Crippen LogP contribution in [0.5, 0.6) is 0 Å². The number of alkyl halides is 2. The van der Waals surface area contributed by atoms with Crippen molar-refractivity contribution in [2.24, 2.45) is 0 Å². The lowest BCUT2D eigenvalue weighted by Crippen LogP contribution is -2.03. The number of halogens is 2. The van der Waals surface area contributed by atoms with Crippen molar-refractivity contribution in [1.29, 1.82) is 0 Å². The van der Waals surface area contributed by atoms with Crippen LogP contribution in [0.2, 0.25) is 0 Å². The second kappa shape index (κ2) is 7.36. The SMILES string of the molecule is O=[N+]([O-])c1cccc(C(Cl)OC(Cl)c2cccc([N+](=O)[O-])c2)c1. The number of non-ortho nitro benzene ring substituents is 2. The van der Waals surface area contributed by atoms with Crippen molar-refractivity contribution in [2.45, 2.75) is 11.1 Å². The van der Waals surface area contributed by atoms with Gasteiger partial charge in [0.05, 0.1) is 9.85 Å². The fourth-order valence-corrected chi connectivity index (χ4v) is 2.35. The molecule has 0 N–H and O–H groups in total. The Bertz CT molecular complexity index is 679. The molecule has 0 aromatic heterocycles. The topological polar surface area (TPSA) is 95.5 Å². The van der Waals surface area contributed by atoms with Gasteiger partial charge in [0.2, 0.25) is 0 Å². The Hall–Kier alpha value is -2.22. The number of nitro groups is 2. The van der Waals surface area contributed by atoms with Gasteiger partial charge in [-0.3, -0.25) is 20.2 Å². The van der Waals surface area contributed by atoms with Crippen LogP contribution in [0.3, 0.4) is 0 Å². The number of hydrogen-bond donors (Lipinski definition) is 0. The lowest BCUT2D eigenvalue weighted by Gasteiger charge is -2.16. The molecule has 0 aliphatic heterocycles. The summed E-state index contributed by atoms with van der Waals surface area (Å²) in [4.78, 5) is 20.4. The molecule has 2 unspecified atom stereocenters. The Morgan fingerprint density at radius 2 is 1.22 bits per heavy atom. The molecule has 0 saturated carbocycles. The molecule has 0 bridgehead atoms. The maximum Gasteiger partial charge on any atom is 0.269 e. The number of rotatable bonds is 6. The van der Waals surface area contributed by atoms with E-state index in [9.17, 15) is 20.2 Å². The molecule has 2 aromatic rings. The van der Waals surface area contributed by atoms with Crippen molar-refractivity contribution in [3.8, 4) is 0 Å². The number of ether oxygens (including phenoxy) is 1. The van der Waals surface area contributed by atoms with E-state index in [0.29, 0.717) is 11.1 Å². The van der Waals surface area contributed by atoms with Gasteiger partial charge in [0.1, 0.15) is 0 Å². The third kappa shape index (κ3) is 4.38. The molecular weight excluding hydrogens is 347 g/mol. The number of hydrogen-bond acceptors (Lipinski definition) is 5. The van der Waals surface area contributed by atoms with Crippen LogP contribution >= 0.6 is 23.2 Å². The number of nitrogens with zero attached hydrogens (tertiary/aromatic N) is 2. The zero-order valence-electron chi connectivity index (χ0n) is 11.5. The first-order valence-electron chi connectivity index (χ1n) is 6.31. The first-order valence-corrected chi connectivity index (χ1v) is 7.18. The Morgan fingerprint density at radius 3 is 1.57 bits per heavy atom. The van der Waals surface area contributed by atoms with Crippen LogP contribution in [0.1, 0.15) is 22.3 Å². The average Bonchev–Trinajstić information content (AvgIpc) is 2.54. The molecule has 0 saturated heterocycles. The minimum atomic E-state index is -1.04. The fraction of sp³-hybridized carbons (Fsp3) is 0.143. The zero-order valence-corrected chi connectivity index (χ0v) is 13.0. The van der Waals surface area contributed by atoms with Crippen LogP contribution in [0.15, 0.2) is 48.5 Å². The monoisotopic (exact) mass is 356 g/mol. The highest BCUT2D eigenvalue weighted by molar-refractivity contribution is 6.22. The predicted molar refractivity (Wildman–Crippen MR) is 84.5 cm³/mol. The molecule has 0 fully saturated rings. The molecule has 0 spiro atoms. The van der Waals surface area contributed by atoms with Gasteiger partial charge in [-0.15, -0.1) is 0 Å². The summed E-state index contributed by atoms with van der Waals surface area (Å²) in [5, 5.41) is 21.5. The van der Waals surface area contributed by atoms with Gasteiger partial charge in [0.25, 0.3) is 11.4 Å². The Balaban J connectivity index is 2.14. The summed E-state index contributed by atoms with van der Waals surface area (Å²) in [5.74, 6) is 0. The molecule has 0 aliphatic rings. The Labute approximate surface area is 140 Å². The van der Waals surface area contributed by atoms with Gasteiger partial charge in [-0.1, -0.05) is 47.5 Å². The van der Waals surface area contributed by atoms with E-state index in [1.807, 2.05) is 0 Å². The van der Waals surface area contributed by atoms with Crippen molar-refractivity contribution < 1.29 is 14.6 Å². The van der Waals surface area contributed by atoms with Gasteiger partial charge < -0.3 is 4.74 Å². The molecular formula is C14H10Cl2N2O5. The Morgan fingerprint density at radius 1 is 0.826 bits per heavy atom. The van der Waals surface area contributed by atoms with E-state index < -0.39 is 21.0 Å². The lowest BCUT2D eigenvalue weighted by atomic mass is 10.2. The maximum atomic E-state index is 10.8. The van der Waals surface area contributed by atoms with E-state index in [1.165, 1.54) is 36.4 Å². The van der Waals surface area contributed by atoms with Crippen molar-refractivity contribution in [2.75, 3.05) is 0 Å². The van der Waals surface area contributed by atoms with Crippen LogP contribution in [-0.2, 0) is 4.74 Å². The first-order chi connectivity index (χ1) is 10.9. The van der Waals surface area contributed by atoms with Crippen molar-refractivity contribution in [3.05, 3.63) is 79.9 Å². The van der Waals surface area contributed by atoms with Gasteiger partial charge in [-0.2, -0.15) is 0 Å². The summed E-state index contributed by atoms with van der Waals surface area (Å²) < 4.78 is 5.38. The van der Waals surface area contributed by atoms with E-state index >= 15 is 0 Å². The molecule has 0 heterocycles. The number of nitro benzene ring substituents is 2. The van der Waals surface area contributed by atoms with Crippen LogP contribution in [0, 0.1) is 20.2 Å².